The molecule has 6 heteroatoms. The number of ketones is 1. The lowest BCUT2D eigenvalue weighted by Gasteiger charge is -2.19. The van der Waals surface area contributed by atoms with Crippen LogP contribution in [0.2, 0.25) is 0 Å². The summed E-state index contributed by atoms with van der Waals surface area (Å²) in [6.07, 6.45) is 11.5. The lowest BCUT2D eigenvalue weighted by atomic mass is 10.0. The summed E-state index contributed by atoms with van der Waals surface area (Å²) in [5.74, 6) is 2.65. The smallest absolute Gasteiger partial charge is 0.175 e. The van der Waals surface area contributed by atoms with Gasteiger partial charge in [-0.05, 0) is 43.2 Å². The van der Waals surface area contributed by atoms with Crippen LogP contribution < -0.4 is 9.47 Å². The Morgan fingerprint density at radius 2 is 1.31 bits per heavy atom. The molecule has 1 aliphatic heterocycles. The molecular weight excluding hydrogens is 486 g/mol. The second-order valence-electron chi connectivity index (χ2n) is 9.68. The first kappa shape index (κ1) is 30.6. The Balaban J connectivity index is 2.31. The molecule has 36 heavy (non-hydrogen) atoms. The second-order valence-corrected chi connectivity index (χ2v) is 12.0. The van der Waals surface area contributed by atoms with Crippen LogP contribution in [0.5, 0.6) is 11.5 Å². The highest BCUT2D eigenvalue weighted by Crippen LogP contribution is 2.59. The van der Waals surface area contributed by atoms with E-state index in [1.807, 2.05) is 12.1 Å². The van der Waals surface area contributed by atoms with E-state index in [9.17, 15) is 10.1 Å². The van der Waals surface area contributed by atoms with Gasteiger partial charge >= 0.3 is 0 Å². The van der Waals surface area contributed by atoms with Gasteiger partial charge in [-0.25, -0.2) is 0 Å². The number of benzene rings is 1. The van der Waals surface area contributed by atoms with Crippen molar-refractivity contribution in [1.29, 1.82) is 5.26 Å². The van der Waals surface area contributed by atoms with Crippen molar-refractivity contribution in [3.63, 3.8) is 0 Å². The molecule has 1 aromatic rings. The normalized spacial score (nSPS) is 14.2. The van der Waals surface area contributed by atoms with Gasteiger partial charge < -0.3 is 9.47 Å². The third-order valence-corrected chi connectivity index (χ3v) is 9.44. The molecule has 0 aliphatic carbocycles. The largest absolute Gasteiger partial charge is 0.492 e. The minimum atomic E-state index is -0.0664. The topological polar surface area (TPSA) is 59.3 Å². The number of allylic oxidation sites excluding steroid dienone is 1. The highest BCUT2D eigenvalue weighted by atomic mass is 32.2. The summed E-state index contributed by atoms with van der Waals surface area (Å²) in [6, 6.07) is 6.22. The van der Waals surface area contributed by atoms with Gasteiger partial charge in [-0.1, -0.05) is 103 Å². The van der Waals surface area contributed by atoms with Gasteiger partial charge in [0.15, 0.2) is 5.78 Å². The highest BCUT2D eigenvalue weighted by molar-refractivity contribution is 8.24. The van der Waals surface area contributed by atoms with Crippen molar-refractivity contribution in [2.45, 2.75) is 115 Å². The number of thioether (sulfide) groups is 2. The summed E-state index contributed by atoms with van der Waals surface area (Å²) in [6.45, 7) is 12.3. The Kier molecular flexibility index (Phi) is 14.5. The van der Waals surface area contributed by atoms with E-state index >= 15 is 0 Å². The molecule has 0 N–H and O–H groups in total. The van der Waals surface area contributed by atoms with Crippen LogP contribution in [0, 0.1) is 23.2 Å². The highest BCUT2D eigenvalue weighted by Gasteiger charge is 2.30. The number of fused-ring (bicyclic) bond motifs is 1. The molecule has 2 rings (SSSR count). The molecule has 0 saturated heterocycles. The number of ether oxygens (including phenoxy) is 2. The number of Topliss-reactive ketones (excluding diaryl/α,β-unsaturated/α-hetero) is 1. The van der Waals surface area contributed by atoms with Gasteiger partial charge in [0.2, 0.25) is 0 Å². The molecule has 0 amide bonds. The van der Waals surface area contributed by atoms with E-state index < -0.39 is 0 Å². The molecular formula is C30H45NO3S2. The standard InChI is InChI=1S/C30H45NO3S2/c1-6-11-14-22(9-4)20-33-26-17-18-27(34-21-23(10-5)15-12-7-2)29-28(26)35-30(36-29)24(19-31)25(32)16-13-8-3/h17-18,22-23H,6-16,20-21H2,1-5H3. The van der Waals surface area contributed by atoms with Crippen molar-refractivity contribution in [2.75, 3.05) is 13.2 Å². The van der Waals surface area contributed by atoms with Crippen molar-refractivity contribution < 1.29 is 14.3 Å². The first-order valence-corrected chi connectivity index (χ1v) is 15.6. The number of nitriles is 1. The molecule has 1 heterocycles. The van der Waals surface area contributed by atoms with Crippen molar-refractivity contribution in [1.82, 2.24) is 0 Å². The van der Waals surface area contributed by atoms with E-state index in [4.69, 9.17) is 9.47 Å². The summed E-state index contributed by atoms with van der Waals surface area (Å²) in [5, 5.41) is 9.84. The number of hydrogen-bond donors (Lipinski definition) is 0. The Hall–Kier alpha value is -1.58. The predicted molar refractivity (Wildman–Crippen MR) is 153 cm³/mol. The van der Waals surface area contributed by atoms with Gasteiger partial charge in [-0.3, -0.25) is 4.79 Å². The van der Waals surface area contributed by atoms with Gasteiger partial charge in [-0.15, -0.1) is 0 Å². The van der Waals surface area contributed by atoms with Gasteiger partial charge in [0.25, 0.3) is 0 Å². The predicted octanol–water partition coefficient (Wildman–Crippen LogP) is 9.57. The summed E-state index contributed by atoms with van der Waals surface area (Å²) in [7, 11) is 0. The Morgan fingerprint density at radius 3 is 1.69 bits per heavy atom. The lowest BCUT2D eigenvalue weighted by molar-refractivity contribution is -0.115. The molecule has 0 radical (unpaired) electrons. The minimum Gasteiger partial charge on any atom is -0.492 e. The minimum absolute atomic E-state index is 0.0664. The van der Waals surface area contributed by atoms with E-state index in [0.717, 1.165) is 51.2 Å². The fourth-order valence-corrected chi connectivity index (χ4v) is 6.80. The molecule has 0 aromatic heterocycles. The molecule has 0 bridgehead atoms. The van der Waals surface area contributed by atoms with Crippen LogP contribution in [0.4, 0.5) is 0 Å². The van der Waals surface area contributed by atoms with Gasteiger partial charge in [-0.2, -0.15) is 5.26 Å². The lowest BCUT2D eigenvalue weighted by Crippen LogP contribution is -2.13. The zero-order valence-corrected chi connectivity index (χ0v) is 24.6. The summed E-state index contributed by atoms with van der Waals surface area (Å²) >= 11 is 2.99. The number of nitrogens with zero attached hydrogens (tertiary/aromatic N) is 1. The average Bonchev–Trinajstić information content (AvgIpc) is 3.34. The summed E-state index contributed by atoms with van der Waals surface area (Å²) in [5.41, 5.74) is 0.273. The Bertz CT molecular complexity index is 855. The summed E-state index contributed by atoms with van der Waals surface area (Å²) in [4.78, 5) is 14.7. The SMILES string of the molecule is CCCCC(=O)C(C#N)=C1Sc2c(OCC(CC)CCCC)ccc(OCC(CC)CCCC)c2S1. The number of unbranched alkanes of at least 4 members (excludes halogenated alkanes) is 3. The first-order chi connectivity index (χ1) is 17.5. The molecule has 2 atom stereocenters. The number of rotatable bonds is 18. The zero-order chi connectivity index (χ0) is 26.3. The molecule has 4 nitrogen and oxygen atoms in total. The van der Waals surface area contributed by atoms with E-state index in [0.29, 0.717) is 31.5 Å². The zero-order valence-electron chi connectivity index (χ0n) is 23.0. The fraction of sp³-hybridized carbons (Fsp3) is 0.667. The summed E-state index contributed by atoms with van der Waals surface area (Å²) < 4.78 is 13.5. The Labute approximate surface area is 228 Å². The van der Waals surface area contributed by atoms with Crippen molar-refractivity contribution in [3.05, 3.63) is 21.9 Å². The Morgan fingerprint density at radius 1 is 0.833 bits per heavy atom. The fourth-order valence-electron chi connectivity index (χ4n) is 4.15. The van der Waals surface area contributed by atoms with E-state index in [-0.39, 0.29) is 11.4 Å². The molecule has 1 aromatic carbocycles. The average molecular weight is 532 g/mol. The number of carbonyl (C=O) groups excluding carboxylic acids is 1. The second kappa shape index (κ2) is 17.0. The monoisotopic (exact) mass is 531 g/mol. The molecule has 2 unspecified atom stereocenters. The van der Waals surface area contributed by atoms with Crippen molar-refractivity contribution in [2.24, 2.45) is 11.8 Å². The van der Waals surface area contributed by atoms with Crippen LogP contribution in [0.25, 0.3) is 0 Å². The maximum atomic E-state index is 12.8. The van der Waals surface area contributed by atoms with Crippen LogP contribution in [0.3, 0.4) is 0 Å². The van der Waals surface area contributed by atoms with E-state index in [2.05, 4.69) is 40.7 Å². The van der Waals surface area contributed by atoms with Crippen LogP contribution in [-0.2, 0) is 4.79 Å². The van der Waals surface area contributed by atoms with Gasteiger partial charge in [0.1, 0.15) is 23.1 Å². The molecule has 0 fully saturated rings. The van der Waals surface area contributed by atoms with Crippen LogP contribution in [0.1, 0.15) is 105 Å². The van der Waals surface area contributed by atoms with Gasteiger partial charge in [0, 0.05) is 6.42 Å². The molecule has 0 spiro atoms. The maximum Gasteiger partial charge on any atom is 0.175 e. The first-order valence-electron chi connectivity index (χ1n) is 14.0. The van der Waals surface area contributed by atoms with E-state index in [1.54, 1.807) is 0 Å². The number of hydrogen-bond acceptors (Lipinski definition) is 6. The van der Waals surface area contributed by atoms with Crippen LogP contribution >= 0.6 is 23.5 Å². The maximum absolute atomic E-state index is 12.8. The van der Waals surface area contributed by atoms with Gasteiger partial charge in [0.05, 0.1) is 27.2 Å². The number of carbonyl (C=O) groups is 1. The van der Waals surface area contributed by atoms with Crippen molar-refractivity contribution >= 4 is 29.3 Å². The molecule has 0 saturated carbocycles. The van der Waals surface area contributed by atoms with Crippen LogP contribution in [-0.4, -0.2) is 19.0 Å². The van der Waals surface area contributed by atoms with Crippen molar-refractivity contribution in [3.8, 4) is 17.6 Å². The third kappa shape index (κ3) is 9.06. The third-order valence-electron chi connectivity index (χ3n) is 6.82. The molecule has 200 valence electrons. The quantitative estimate of drug-likeness (QED) is 0.139. The molecule has 1 aliphatic rings. The van der Waals surface area contributed by atoms with Crippen LogP contribution in [0.15, 0.2) is 31.7 Å². The van der Waals surface area contributed by atoms with E-state index in [1.165, 1.54) is 62.0 Å².